The van der Waals surface area contributed by atoms with Crippen molar-refractivity contribution >= 4 is 5.97 Å². The maximum atomic E-state index is 11.7. The van der Waals surface area contributed by atoms with Gasteiger partial charge in [0.25, 0.3) is 0 Å². The fourth-order valence-corrected chi connectivity index (χ4v) is 2.04. The van der Waals surface area contributed by atoms with Crippen LogP contribution in [0.4, 0.5) is 0 Å². The Morgan fingerprint density at radius 3 is 2.56 bits per heavy atom. The van der Waals surface area contributed by atoms with Crippen molar-refractivity contribution in [3.63, 3.8) is 0 Å². The summed E-state index contributed by atoms with van der Waals surface area (Å²) in [5.41, 5.74) is 6.27. The van der Waals surface area contributed by atoms with Crippen molar-refractivity contribution in [3.05, 3.63) is 41.2 Å². The number of hydrogen-bond donors (Lipinski definition) is 0. The maximum Gasteiger partial charge on any atom is 0.335 e. The molecule has 0 saturated carbocycles. The molecule has 1 unspecified atom stereocenters. The highest BCUT2D eigenvalue weighted by Crippen LogP contribution is 2.28. The number of cyclic esters (lactones) is 1. The topological polar surface area (TPSA) is 26.3 Å². The Labute approximate surface area is 110 Å². The Morgan fingerprint density at radius 1 is 1.39 bits per heavy atom. The van der Waals surface area contributed by atoms with Crippen LogP contribution < -0.4 is 0 Å². The molecule has 2 nitrogen and oxygen atoms in total. The summed E-state index contributed by atoms with van der Waals surface area (Å²) in [7, 11) is 0. The highest BCUT2D eigenvalue weighted by molar-refractivity contribution is 5.93. The van der Waals surface area contributed by atoms with E-state index >= 15 is 0 Å². The number of rotatable bonds is 6. The summed E-state index contributed by atoms with van der Waals surface area (Å²) in [5, 5.41) is 0. The Bertz CT molecular complexity index is 414. The van der Waals surface area contributed by atoms with Gasteiger partial charge >= 0.3 is 5.97 Å². The molecule has 0 radical (unpaired) electrons. The minimum Gasteiger partial charge on any atom is -0.454 e. The molecule has 0 saturated heterocycles. The van der Waals surface area contributed by atoms with Crippen molar-refractivity contribution in [1.29, 1.82) is 0 Å². The lowest BCUT2D eigenvalue weighted by Crippen LogP contribution is -2.08. The number of ether oxygens (including phenoxy) is 1. The molecule has 2 heteroatoms. The predicted octanol–water partition coefficient (Wildman–Crippen LogP) is 4.10. The van der Waals surface area contributed by atoms with Gasteiger partial charge in [0.2, 0.25) is 0 Å². The minimum atomic E-state index is -0.204. The van der Waals surface area contributed by atoms with Crippen LogP contribution in [0.25, 0.3) is 0 Å². The van der Waals surface area contributed by atoms with Gasteiger partial charge < -0.3 is 4.74 Å². The van der Waals surface area contributed by atoms with Gasteiger partial charge in [-0.2, -0.15) is 0 Å². The molecular weight excluding hydrogens is 224 g/mol. The van der Waals surface area contributed by atoms with Crippen molar-refractivity contribution < 1.29 is 9.53 Å². The van der Waals surface area contributed by atoms with Gasteiger partial charge in [-0.05, 0) is 37.3 Å². The quantitative estimate of drug-likeness (QED) is 0.401. The molecule has 18 heavy (non-hydrogen) atoms. The third kappa shape index (κ3) is 3.24. The first-order valence-electron chi connectivity index (χ1n) is 6.67. The normalized spacial score (nSPS) is 18.4. The molecule has 0 amide bonds. The maximum absolute atomic E-state index is 11.7. The van der Waals surface area contributed by atoms with Gasteiger partial charge in [-0.3, -0.25) is 0 Å². The molecule has 0 bridgehead atoms. The third-order valence-electron chi connectivity index (χ3n) is 3.20. The van der Waals surface area contributed by atoms with Crippen LogP contribution in [0.5, 0.6) is 0 Å². The van der Waals surface area contributed by atoms with Crippen LogP contribution in [-0.2, 0) is 9.53 Å². The summed E-state index contributed by atoms with van der Waals surface area (Å²) in [5.74, 6) is -0.204. The van der Waals surface area contributed by atoms with Gasteiger partial charge in [0, 0.05) is 11.1 Å². The van der Waals surface area contributed by atoms with E-state index in [1.165, 1.54) is 5.57 Å². The number of hydrogen-bond acceptors (Lipinski definition) is 2. The predicted molar refractivity (Wildman–Crippen MR) is 74.2 cm³/mol. The molecule has 1 rings (SSSR count). The molecule has 1 aliphatic heterocycles. The van der Waals surface area contributed by atoms with Crippen molar-refractivity contribution in [3.8, 4) is 0 Å². The molecule has 0 aromatic heterocycles. The van der Waals surface area contributed by atoms with Crippen molar-refractivity contribution in [2.75, 3.05) is 0 Å². The Kier molecular flexibility index (Phi) is 5.67. The molecule has 0 N–H and O–H groups in total. The molecule has 0 aliphatic carbocycles. The monoisotopic (exact) mass is 246 g/mol. The fraction of sp³-hybridized carbons (Fsp3) is 0.500. The summed E-state index contributed by atoms with van der Waals surface area (Å²) >= 11 is 0. The molecule has 1 heterocycles. The summed E-state index contributed by atoms with van der Waals surface area (Å²) in [6, 6.07) is 0. The van der Waals surface area contributed by atoms with E-state index in [0.29, 0.717) is 6.42 Å². The van der Waals surface area contributed by atoms with Crippen LogP contribution in [0.2, 0.25) is 0 Å². The van der Waals surface area contributed by atoms with Crippen molar-refractivity contribution in [2.24, 2.45) is 0 Å². The number of esters is 1. The van der Waals surface area contributed by atoms with E-state index in [2.05, 4.69) is 26.2 Å². The standard InChI is InChI=1S/C16H22O2/c1-5-9-14-13(11-10-12(6-2)7-3)15(8-4)18-16(14)17/h5,11,15H,1,6-9H2,2-4H3. The highest BCUT2D eigenvalue weighted by Gasteiger charge is 2.30. The molecule has 98 valence electrons. The van der Waals surface area contributed by atoms with Crippen LogP contribution >= 0.6 is 0 Å². The average molecular weight is 246 g/mol. The van der Waals surface area contributed by atoms with Crippen LogP contribution in [0.15, 0.2) is 41.2 Å². The first-order chi connectivity index (χ1) is 8.67. The summed E-state index contributed by atoms with van der Waals surface area (Å²) in [6.45, 7) is 9.95. The lowest BCUT2D eigenvalue weighted by molar-refractivity contribution is -0.139. The second-order valence-corrected chi connectivity index (χ2v) is 4.33. The number of carbonyl (C=O) groups is 1. The summed E-state index contributed by atoms with van der Waals surface area (Å²) < 4.78 is 5.35. The van der Waals surface area contributed by atoms with E-state index in [-0.39, 0.29) is 12.1 Å². The van der Waals surface area contributed by atoms with E-state index < -0.39 is 0 Å². The summed E-state index contributed by atoms with van der Waals surface area (Å²) in [4.78, 5) is 11.7. The minimum absolute atomic E-state index is 0.116. The largest absolute Gasteiger partial charge is 0.454 e. The van der Waals surface area contributed by atoms with E-state index in [1.54, 1.807) is 6.08 Å². The van der Waals surface area contributed by atoms with E-state index in [1.807, 2.05) is 13.0 Å². The smallest absolute Gasteiger partial charge is 0.335 e. The van der Waals surface area contributed by atoms with Gasteiger partial charge in [-0.15, -0.1) is 12.3 Å². The number of allylic oxidation sites excluding steroid dienone is 1. The van der Waals surface area contributed by atoms with E-state index in [0.717, 1.165) is 30.4 Å². The Balaban J connectivity index is 3.15. The lowest BCUT2D eigenvalue weighted by atomic mass is 10.0. The zero-order valence-electron chi connectivity index (χ0n) is 11.6. The zero-order chi connectivity index (χ0) is 13.5. The SMILES string of the molecule is C=CCC1=C(C=C=C(CC)CC)C(CC)OC1=O. The van der Waals surface area contributed by atoms with Gasteiger partial charge in [-0.1, -0.05) is 26.8 Å². The van der Waals surface area contributed by atoms with E-state index in [4.69, 9.17) is 4.74 Å². The Hall–Kier alpha value is -1.53. The molecular formula is C16H22O2. The molecule has 0 aromatic rings. The third-order valence-corrected chi connectivity index (χ3v) is 3.20. The molecule has 1 aliphatic rings. The molecule has 1 atom stereocenters. The van der Waals surface area contributed by atoms with Gasteiger partial charge in [-0.25, -0.2) is 4.79 Å². The first-order valence-corrected chi connectivity index (χ1v) is 6.67. The molecule has 0 fully saturated rings. The van der Waals surface area contributed by atoms with Crippen LogP contribution in [0.1, 0.15) is 46.5 Å². The van der Waals surface area contributed by atoms with Crippen molar-refractivity contribution in [1.82, 2.24) is 0 Å². The van der Waals surface area contributed by atoms with E-state index in [9.17, 15) is 4.79 Å². The van der Waals surface area contributed by atoms with Gasteiger partial charge in [0.15, 0.2) is 0 Å². The van der Waals surface area contributed by atoms with Gasteiger partial charge in [0.1, 0.15) is 6.10 Å². The average Bonchev–Trinajstić information content (AvgIpc) is 2.68. The molecule has 0 spiro atoms. The highest BCUT2D eigenvalue weighted by atomic mass is 16.5. The second-order valence-electron chi connectivity index (χ2n) is 4.33. The zero-order valence-corrected chi connectivity index (χ0v) is 11.6. The van der Waals surface area contributed by atoms with Gasteiger partial charge in [0.05, 0.1) is 0 Å². The Morgan fingerprint density at radius 2 is 2.06 bits per heavy atom. The van der Waals surface area contributed by atoms with Crippen LogP contribution in [0, 0.1) is 0 Å². The number of carbonyl (C=O) groups excluding carboxylic acids is 1. The van der Waals surface area contributed by atoms with Crippen LogP contribution in [0.3, 0.4) is 0 Å². The fourth-order valence-electron chi connectivity index (χ4n) is 2.04. The second kappa shape index (κ2) is 7.03. The first kappa shape index (κ1) is 14.5. The molecule has 0 aromatic carbocycles. The van der Waals surface area contributed by atoms with Crippen LogP contribution in [-0.4, -0.2) is 12.1 Å². The van der Waals surface area contributed by atoms with Crippen molar-refractivity contribution in [2.45, 2.75) is 52.6 Å². The lowest BCUT2D eigenvalue weighted by Gasteiger charge is -2.07. The summed E-state index contributed by atoms with van der Waals surface area (Å²) in [6.07, 6.45) is 6.90.